The summed E-state index contributed by atoms with van der Waals surface area (Å²) in [4.78, 5) is 19.8. The minimum atomic E-state index is -0.133. The van der Waals surface area contributed by atoms with Crippen LogP contribution < -0.4 is 10.6 Å². The fraction of sp³-hybridized carbons (Fsp3) is 0.281. The Hall–Kier alpha value is -3.97. The van der Waals surface area contributed by atoms with Gasteiger partial charge in [-0.3, -0.25) is 9.78 Å². The summed E-state index contributed by atoms with van der Waals surface area (Å²) in [6.45, 7) is 11.1. The van der Waals surface area contributed by atoms with Gasteiger partial charge in [0.25, 0.3) is 0 Å². The van der Waals surface area contributed by atoms with Crippen molar-refractivity contribution >= 4 is 28.9 Å². The van der Waals surface area contributed by atoms with Crippen LogP contribution in [0.2, 0.25) is 0 Å². The third kappa shape index (κ3) is 5.59. The third-order valence-corrected chi connectivity index (χ3v) is 7.69. The number of pyridine rings is 1. The van der Waals surface area contributed by atoms with E-state index in [0.29, 0.717) is 18.1 Å². The van der Waals surface area contributed by atoms with Crippen LogP contribution in [0.25, 0.3) is 5.69 Å². The standard InChI is InChI=1S/C32H35N5OS/c1-20-9-8-10-25(16-20)34-29(38)12-14-36-31(30(35-32(36)39)28-11-6-7-13-33-28)27-19-23(4)37(24(27)5)26-17-21(2)15-22(3)18-26/h6-11,13,15-19,30-31H,12,14H2,1-5H3,(H,34,38)(H,35,39)/t30-,31-/m0/s1. The lowest BCUT2D eigenvalue weighted by Gasteiger charge is -2.28. The van der Waals surface area contributed by atoms with Crippen molar-refractivity contribution < 1.29 is 4.79 Å². The molecule has 2 N–H and O–H groups in total. The van der Waals surface area contributed by atoms with Crippen molar-refractivity contribution in [2.24, 2.45) is 0 Å². The molecule has 1 aliphatic heterocycles. The lowest BCUT2D eigenvalue weighted by atomic mass is 9.96. The molecule has 5 rings (SSSR count). The topological polar surface area (TPSA) is 62.2 Å². The van der Waals surface area contributed by atoms with E-state index < -0.39 is 0 Å². The zero-order valence-corrected chi connectivity index (χ0v) is 24.0. The second-order valence-corrected chi connectivity index (χ2v) is 10.9. The van der Waals surface area contributed by atoms with Gasteiger partial charge < -0.3 is 20.1 Å². The average Bonchev–Trinajstić information content (AvgIpc) is 3.37. The van der Waals surface area contributed by atoms with Gasteiger partial charge >= 0.3 is 0 Å². The number of hydrogen-bond donors (Lipinski definition) is 2. The second-order valence-electron chi connectivity index (χ2n) is 10.5. The molecule has 0 saturated carbocycles. The zero-order valence-electron chi connectivity index (χ0n) is 23.2. The number of anilines is 1. The molecule has 2 atom stereocenters. The molecular weight excluding hydrogens is 502 g/mol. The van der Waals surface area contributed by atoms with Crippen molar-refractivity contribution in [3.8, 4) is 5.69 Å². The van der Waals surface area contributed by atoms with Crippen LogP contribution in [-0.2, 0) is 4.79 Å². The second kappa shape index (κ2) is 11.0. The highest BCUT2D eigenvalue weighted by Gasteiger charge is 2.41. The number of thiocarbonyl (C=S) groups is 1. The number of amides is 1. The van der Waals surface area contributed by atoms with Crippen LogP contribution >= 0.6 is 12.2 Å². The normalized spacial score (nSPS) is 16.8. The maximum Gasteiger partial charge on any atom is 0.226 e. The van der Waals surface area contributed by atoms with Gasteiger partial charge in [-0.1, -0.05) is 24.3 Å². The Morgan fingerprint density at radius 2 is 1.72 bits per heavy atom. The fourth-order valence-corrected chi connectivity index (χ4v) is 6.05. The molecular formula is C32H35N5OS. The van der Waals surface area contributed by atoms with E-state index >= 15 is 0 Å². The van der Waals surface area contributed by atoms with Crippen LogP contribution in [0.1, 0.15) is 57.8 Å². The molecule has 200 valence electrons. The molecule has 7 heteroatoms. The Labute approximate surface area is 236 Å². The molecule has 1 amide bonds. The van der Waals surface area contributed by atoms with Crippen molar-refractivity contribution in [2.45, 2.75) is 53.1 Å². The first-order valence-electron chi connectivity index (χ1n) is 13.3. The van der Waals surface area contributed by atoms with Crippen molar-refractivity contribution in [2.75, 3.05) is 11.9 Å². The quantitative estimate of drug-likeness (QED) is 0.267. The Morgan fingerprint density at radius 3 is 2.41 bits per heavy atom. The molecule has 0 aliphatic carbocycles. The predicted octanol–water partition coefficient (Wildman–Crippen LogP) is 6.42. The summed E-state index contributed by atoms with van der Waals surface area (Å²) in [5.74, 6) is -0.0378. The Kier molecular flexibility index (Phi) is 7.53. The monoisotopic (exact) mass is 537 g/mol. The van der Waals surface area contributed by atoms with Gasteiger partial charge in [-0.15, -0.1) is 0 Å². The molecule has 0 bridgehead atoms. The van der Waals surface area contributed by atoms with Gasteiger partial charge in [-0.05, 0) is 112 Å². The molecule has 2 aromatic heterocycles. The molecule has 1 aliphatic rings. The van der Waals surface area contributed by atoms with Crippen molar-refractivity contribution in [1.82, 2.24) is 19.8 Å². The summed E-state index contributed by atoms with van der Waals surface area (Å²) < 4.78 is 2.31. The highest BCUT2D eigenvalue weighted by molar-refractivity contribution is 7.80. The van der Waals surface area contributed by atoms with Crippen LogP contribution in [0.4, 0.5) is 5.69 Å². The number of rotatable bonds is 7. The molecule has 0 spiro atoms. The summed E-state index contributed by atoms with van der Waals surface area (Å²) in [7, 11) is 0. The Morgan fingerprint density at radius 1 is 0.949 bits per heavy atom. The van der Waals surface area contributed by atoms with E-state index in [4.69, 9.17) is 12.2 Å². The Balaban J connectivity index is 1.48. The Bertz CT molecular complexity index is 1510. The lowest BCUT2D eigenvalue weighted by Crippen LogP contribution is -2.32. The summed E-state index contributed by atoms with van der Waals surface area (Å²) in [6.07, 6.45) is 2.13. The average molecular weight is 538 g/mol. The van der Waals surface area contributed by atoms with E-state index in [1.165, 1.54) is 16.7 Å². The zero-order chi connectivity index (χ0) is 27.7. The number of carbonyl (C=O) groups is 1. The van der Waals surface area contributed by atoms with Gasteiger partial charge in [-0.2, -0.15) is 0 Å². The van der Waals surface area contributed by atoms with E-state index in [1.54, 1.807) is 0 Å². The molecule has 3 heterocycles. The van der Waals surface area contributed by atoms with Crippen LogP contribution in [0, 0.1) is 34.6 Å². The summed E-state index contributed by atoms with van der Waals surface area (Å²) in [6, 6.07) is 22.4. The minimum absolute atomic E-state index is 0.0378. The third-order valence-electron chi connectivity index (χ3n) is 7.33. The van der Waals surface area contributed by atoms with E-state index in [2.05, 4.69) is 77.0 Å². The maximum atomic E-state index is 12.9. The summed E-state index contributed by atoms with van der Waals surface area (Å²) >= 11 is 5.85. The number of nitrogens with one attached hydrogen (secondary N) is 2. The van der Waals surface area contributed by atoms with Gasteiger partial charge in [0.05, 0.1) is 17.8 Å². The van der Waals surface area contributed by atoms with E-state index in [1.807, 2.05) is 55.6 Å². The summed E-state index contributed by atoms with van der Waals surface area (Å²) in [5.41, 5.74) is 9.94. The highest BCUT2D eigenvalue weighted by atomic mass is 32.1. The molecule has 2 aromatic carbocycles. The lowest BCUT2D eigenvalue weighted by molar-refractivity contribution is -0.116. The van der Waals surface area contributed by atoms with Crippen molar-refractivity contribution in [3.05, 3.63) is 112 Å². The predicted molar refractivity (Wildman–Crippen MR) is 161 cm³/mol. The summed E-state index contributed by atoms with van der Waals surface area (Å²) in [5, 5.41) is 7.18. The van der Waals surface area contributed by atoms with Crippen LogP contribution in [0.3, 0.4) is 0 Å². The van der Waals surface area contributed by atoms with Gasteiger partial charge in [0.2, 0.25) is 5.91 Å². The number of benzene rings is 2. The van der Waals surface area contributed by atoms with Crippen LogP contribution in [0.5, 0.6) is 0 Å². The molecule has 4 aromatic rings. The minimum Gasteiger partial charge on any atom is -0.352 e. The molecule has 1 saturated heterocycles. The van der Waals surface area contributed by atoms with Gasteiger partial charge in [0.15, 0.2) is 5.11 Å². The molecule has 6 nitrogen and oxygen atoms in total. The molecule has 39 heavy (non-hydrogen) atoms. The van der Waals surface area contributed by atoms with Crippen molar-refractivity contribution in [1.29, 1.82) is 0 Å². The fourth-order valence-electron chi connectivity index (χ4n) is 5.72. The largest absolute Gasteiger partial charge is 0.352 e. The van der Waals surface area contributed by atoms with Gasteiger partial charge in [-0.25, -0.2) is 0 Å². The number of aromatic nitrogens is 2. The van der Waals surface area contributed by atoms with Crippen molar-refractivity contribution in [3.63, 3.8) is 0 Å². The number of carbonyl (C=O) groups excluding carboxylic acids is 1. The first kappa shape index (κ1) is 26.6. The smallest absolute Gasteiger partial charge is 0.226 e. The SMILES string of the molecule is Cc1cccc(NC(=O)CCN2C(=S)N[C@@H](c3ccccn3)[C@@H]2c2cc(C)n(-c3cc(C)cc(C)c3)c2C)c1. The molecule has 1 fully saturated rings. The first-order chi connectivity index (χ1) is 18.7. The molecule has 0 radical (unpaired) electrons. The van der Waals surface area contributed by atoms with Crippen LogP contribution in [-0.4, -0.2) is 32.0 Å². The maximum absolute atomic E-state index is 12.9. The number of nitrogens with zero attached hydrogens (tertiary/aromatic N) is 3. The highest BCUT2D eigenvalue weighted by Crippen LogP contribution is 2.41. The first-order valence-corrected chi connectivity index (χ1v) is 13.7. The van der Waals surface area contributed by atoms with Gasteiger partial charge in [0.1, 0.15) is 0 Å². The van der Waals surface area contributed by atoms with E-state index in [-0.39, 0.29) is 18.0 Å². The number of aryl methyl sites for hydroxylation is 4. The number of hydrogen-bond acceptors (Lipinski definition) is 3. The molecule has 0 unspecified atom stereocenters. The van der Waals surface area contributed by atoms with E-state index in [0.717, 1.165) is 34.0 Å². The van der Waals surface area contributed by atoms with Crippen LogP contribution in [0.15, 0.2) is 72.9 Å². The van der Waals surface area contributed by atoms with E-state index in [9.17, 15) is 4.79 Å². The van der Waals surface area contributed by atoms with Gasteiger partial charge in [0, 0.05) is 41.9 Å².